The summed E-state index contributed by atoms with van der Waals surface area (Å²) in [5.41, 5.74) is 0.362. The minimum atomic E-state index is -0.104. The molecule has 1 aliphatic heterocycles. The molecule has 1 saturated heterocycles. The number of rotatable bonds is 1. The van der Waals surface area contributed by atoms with E-state index in [0.29, 0.717) is 12.1 Å². The molecule has 0 unspecified atom stereocenters. The maximum absolute atomic E-state index is 12.2. The van der Waals surface area contributed by atoms with Gasteiger partial charge in [-0.3, -0.25) is 4.79 Å². The molecule has 0 atom stereocenters. The fourth-order valence-corrected chi connectivity index (χ4v) is 2.26. The predicted octanol–water partition coefficient (Wildman–Crippen LogP) is 2.01. The number of nitrogens with zero attached hydrogens (tertiary/aromatic N) is 1. The van der Waals surface area contributed by atoms with Gasteiger partial charge in [0.25, 0.3) is 5.91 Å². The van der Waals surface area contributed by atoms with Crippen molar-refractivity contribution in [2.75, 3.05) is 26.2 Å². The van der Waals surface area contributed by atoms with Crippen molar-refractivity contribution in [3.63, 3.8) is 0 Å². The van der Waals surface area contributed by atoms with E-state index in [0.717, 1.165) is 30.5 Å². The number of phenolic OH excluding ortho intramolecular Hbond substituents is 1. The normalized spacial score (nSPS) is 15.7. The summed E-state index contributed by atoms with van der Waals surface area (Å²) in [6.07, 6.45) is 0.945. The Labute approximate surface area is 121 Å². The number of hydrogen-bond donors (Lipinski definition) is 2. The van der Waals surface area contributed by atoms with Gasteiger partial charge >= 0.3 is 0 Å². The van der Waals surface area contributed by atoms with Crippen LogP contribution in [0.2, 0.25) is 0 Å². The minimum absolute atomic E-state index is 0. The maximum Gasteiger partial charge on any atom is 0.257 e. The van der Waals surface area contributed by atoms with E-state index in [1.54, 1.807) is 17.0 Å². The Morgan fingerprint density at radius 3 is 2.89 bits per heavy atom. The Morgan fingerprint density at radius 1 is 1.33 bits per heavy atom. The molecule has 1 fully saturated rings. The van der Waals surface area contributed by atoms with Crippen LogP contribution in [0.15, 0.2) is 22.7 Å². The molecule has 1 amide bonds. The first-order chi connectivity index (χ1) is 8.18. The van der Waals surface area contributed by atoms with Crippen molar-refractivity contribution in [3.8, 4) is 5.75 Å². The monoisotopic (exact) mass is 334 g/mol. The van der Waals surface area contributed by atoms with Crippen LogP contribution >= 0.6 is 28.3 Å². The van der Waals surface area contributed by atoms with Gasteiger partial charge in [0.2, 0.25) is 0 Å². The van der Waals surface area contributed by atoms with Crippen LogP contribution in [0.3, 0.4) is 0 Å². The molecule has 0 aliphatic carbocycles. The first-order valence-electron chi connectivity index (χ1n) is 5.67. The maximum atomic E-state index is 12.2. The number of halogens is 2. The fraction of sp³-hybridized carbons (Fsp3) is 0.417. The van der Waals surface area contributed by atoms with Gasteiger partial charge in [0.15, 0.2) is 0 Å². The molecule has 2 N–H and O–H groups in total. The third kappa shape index (κ3) is 3.60. The number of hydrogen-bond acceptors (Lipinski definition) is 3. The lowest BCUT2D eigenvalue weighted by Gasteiger charge is -2.20. The van der Waals surface area contributed by atoms with E-state index in [-0.39, 0.29) is 24.1 Å². The summed E-state index contributed by atoms with van der Waals surface area (Å²) in [5, 5.41) is 13.0. The summed E-state index contributed by atoms with van der Waals surface area (Å²) in [6.45, 7) is 3.16. The van der Waals surface area contributed by atoms with Gasteiger partial charge in [0, 0.05) is 24.1 Å². The molecule has 0 aromatic heterocycles. The van der Waals surface area contributed by atoms with Gasteiger partial charge in [-0.25, -0.2) is 0 Å². The number of amides is 1. The van der Waals surface area contributed by atoms with Crippen LogP contribution in [0.1, 0.15) is 16.8 Å². The molecule has 18 heavy (non-hydrogen) atoms. The molecule has 4 nitrogen and oxygen atoms in total. The van der Waals surface area contributed by atoms with Crippen molar-refractivity contribution in [1.82, 2.24) is 10.2 Å². The molecule has 1 aliphatic rings. The summed E-state index contributed by atoms with van der Waals surface area (Å²) in [7, 11) is 0. The zero-order valence-corrected chi connectivity index (χ0v) is 12.3. The third-order valence-corrected chi connectivity index (χ3v) is 3.31. The molecule has 0 bridgehead atoms. The smallest absolute Gasteiger partial charge is 0.257 e. The lowest BCUT2D eigenvalue weighted by atomic mass is 10.1. The average molecular weight is 336 g/mol. The van der Waals surface area contributed by atoms with Crippen molar-refractivity contribution in [2.45, 2.75) is 6.42 Å². The zero-order chi connectivity index (χ0) is 12.3. The van der Waals surface area contributed by atoms with E-state index >= 15 is 0 Å². The fourth-order valence-electron chi connectivity index (χ4n) is 1.90. The van der Waals surface area contributed by atoms with Crippen molar-refractivity contribution < 1.29 is 9.90 Å². The largest absolute Gasteiger partial charge is 0.507 e. The van der Waals surface area contributed by atoms with Crippen molar-refractivity contribution in [1.29, 1.82) is 0 Å². The molecular formula is C12H16BrClN2O2. The van der Waals surface area contributed by atoms with Gasteiger partial charge in [-0.05, 0) is 31.2 Å². The van der Waals surface area contributed by atoms with E-state index in [9.17, 15) is 9.90 Å². The second-order valence-electron chi connectivity index (χ2n) is 4.06. The highest BCUT2D eigenvalue weighted by Crippen LogP contribution is 2.23. The van der Waals surface area contributed by atoms with Gasteiger partial charge in [-0.2, -0.15) is 0 Å². The summed E-state index contributed by atoms with van der Waals surface area (Å²) in [6, 6.07) is 4.92. The number of nitrogens with one attached hydrogen (secondary N) is 1. The lowest BCUT2D eigenvalue weighted by molar-refractivity contribution is 0.0763. The Balaban J connectivity index is 0.00000162. The second-order valence-corrected chi connectivity index (χ2v) is 4.97. The van der Waals surface area contributed by atoms with Gasteiger partial charge in [0.1, 0.15) is 5.75 Å². The van der Waals surface area contributed by atoms with E-state index in [1.165, 1.54) is 6.07 Å². The molecule has 1 heterocycles. The summed E-state index contributed by atoms with van der Waals surface area (Å²) in [5.74, 6) is -0.0668. The molecule has 0 spiro atoms. The molecule has 2 rings (SSSR count). The van der Waals surface area contributed by atoms with Crippen LogP contribution in [0.25, 0.3) is 0 Å². The van der Waals surface area contributed by atoms with Crippen LogP contribution < -0.4 is 5.32 Å². The van der Waals surface area contributed by atoms with E-state index in [2.05, 4.69) is 21.2 Å². The topological polar surface area (TPSA) is 52.6 Å². The molecule has 1 aromatic carbocycles. The summed E-state index contributed by atoms with van der Waals surface area (Å²) >= 11 is 3.31. The molecule has 0 radical (unpaired) electrons. The quantitative estimate of drug-likeness (QED) is 0.825. The average Bonchev–Trinajstić information content (AvgIpc) is 2.60. The molecule has 1 aromatic rings. The number of carbonyl (C=O) groups is 1. The zero-order valence-electron chi connectivity index (χ0n) is 9.86. The standard InChI is InChI=1S/C12H15BrN2O2.ClH/c13-9-2-3-11(16)10(8-9)12(17)15-6-1-4-14-5-7-15;/h2-3,8,14,16H,1,4-7H2;1H. The molecule has 6 heteroatoms. The van der Waals surface area contributed by atoms with Gasteiger partial charge in [-0.1, -0.05) is 15.9 Å². The number of carbonyl (C=O) groups excluding carboxylic acids is 1. The summed E-state index contributed by atoms with van der Waals surface area (Å²) in [4.78, 5) is 14.0. The lowest BCUT2D eigenvalue weighted by Crippen LogP contribution is -2.34. The Morgan fingerprint density at radius 2 is 2.11 bits per heavy atom. The predicted molar refractivity (Wildman–Crippen MR) is 76.4 cm³/mol. The van der Waals surface area contributed by atoms with Crippen LogP contribution in [0, 0.1) is 0 Å². The van der Waals surface area contributed by atoms with Crippen LogP contribution in [0.4, 0.5) is 0 Å². The van der Waals surface area contributed by atoms with E-state index in [4.69, 9.17) is 0 Å². The Bertz CT molecular complexity index is 421. The van der Waals surface area contributed by atoms with Crippen molar-refractivity contribution in [3.05, 3.63) is 28.2 Å². The highest BCUT2D eigenvalue weighted by atomic mass is 79.9. The van der Waals surface area contributed by atoms with Gasteiger partial charge < -0.3 is 15.3 Å². The van der Waals surface area contributed by atoms with E-state index < -0.39 is 0 Å². The van der Waals surface area contributed by atoms with Crippen molar-refractivity contribution in [2.24, 2.45) is 0 Å². The molecule has 0 saturated carbocycles. The SMILES string of the molecule is Cl.O=C(c1cc(Br)ccc1O)N1CCCNCC1. The molecule has 100 valence electrons. The van der Waals surface area contributed by atoms with Crippen LogP contribution in [-0.2, 0) is 0 Å². The van der Waals surface area contributed by atoms with E-state index in [1.807, 2.05) is 0 Å². The first-order valence-corrected chi connectivity index (χ1v) is 6.46. The highest BCUT2D eigenvalue weighted by molar-refractivity contribution is 9.10. The Kier molecular flexibility index (Phi) is 5.91. The Hall–Kier alpha value is -0.780. The van der Waals surface area contributed by atoms with Gasteiger partial charge in [-0.15, -0.1) is 12.4 Å². The van der Waals surface area contributed by atoms with Gasteiger partial charge in [0.05, 0.1) is 5.56 Å². The number of benzene rings is 1. The van der Waals surface area contributed by atoms with Crippen LogP contribution in [-0.4, -0.2) is 42.1 Å². The van der Waals surface area contributed by atoms with Crippen molar-refractivity contribution >= 4 is 34.2 Å². The number of phenols is 1. The first kappa shape index (κ1) is 15.3. The third-order valence-electron chi connectivity index (χ3n) is 2.82. The highest BCUT2D eigenvalue weighted by Gasteiger charge is 2.19. The second kappa shape index (κ2) is 6.97. The summed E-state index contributed by atoms with van der Waals surface area (Å²) < 4.78 is 0.798. The number of aromatic hydroxyl groups is 1. The minimum Gasteiger partial charge on any atom is -0.507 e. The van der Waals surface area contributed by atoms with Crippen LogP contribution in [0.5, 0.6) is 5.75 Å². The molecular weight excluding hydrogens is 320 g/mol.